The van der Waals surface area contributed by atoms with Crippen molar-refractivity contribution in [3.05, 3.63) is 64.0 Å². The number of hydrogen-bond donors (Lipinski definition) is 1. The molecule has 2 aromatic carbocycles. The summed E-state index contributed by atoms with van der Waals surface area (Å²) in [5, 5.41) is 11.7. The van der Waals surface area contributed by atoms with E-state index in [1.807, 2.05) is 23.6 Å². The number of hydrogen-bond acceptors (Lipinski definition) is 5. The normalized spacial score (nSPS) is 10.9. The van der Waals surface area contributed by atoms with Crippen molar-refractivity contribution in [2.24, 2.45) is 0 Å². The van der Waals surface area contributed by atoms with Gasteiger partial charge in [-0.25, -0.2) is 9.78 Å². The summed E-state index contributed by atoms with van der Waals surface area (Å²) in [5.74, 6) is -0.153. The van der Waals surface area contributed by atoms with E-state index in [0.717, 1.165) is 21.8 Å². The number of aryl methyl sites for hydroxylation is 1. The van der Waals surface area contributed by atoms with E-state index in [1.165, 1.54) is 12.7 Å². The summed E-state index contributed by atoms with van der Waals surface area (Å²) in [6.45, 7) is 1.65. The van der Waals surface area contributed by atoms with Crippen LogP contribution in [0.5, 0.6) is 11.5 Å². The van der Waals surface area contributed by atoms with Gasteiger partial charge in [-0.1, -0.05) is 42.0 Å². The number of carbonyl (C=O) groups is 1. The number of ether oxygens (including phenoxy) is 2. The second-order valence-electron chi connectivity index (χ2n) is 5.86. The van der Waals surface area contributed by atoms with Gasteiger partial charge < -0.3 is 14.6 Å². The Morgan fingerprint density at radius 3 is 2.63 bits per heavy atom. The van der Waals surface area contributed by atoms with Gasteiger partial charge in [0.25, 0.3) is 0 Å². The minimum absolute atomic E-state index is 0.396. The van der Waals surface area contributed by atoms with Gasteiger partial charge in [0, 0.05) is 10.9 Å². The van der Waals surface area contributed by atoms with Gasteiger partial charge in [0.1, 0.15) is 5.01 Å². The van der Waals surface area contributed by atoms with Crippen LogP contribution >= 0.6 is 11.3 Å². The predicted molar refractivity (Wildman–Crippen MR) is 107 cm³/mol. The molecule has 3 aromatic rings. The highest BCUT2D eigenvalue weighted by Gasteiger charge is 2.07. The topological polar surface area (TPSA) is 68.7 Å². The Hall–Kier alpha value is -3.12. The van der Waals surface area contributed by atoms with E-state index in [-0.39, 0.29) is 0 Å². The van der Waals surface area contributed by atoms with Crippen LogP contribution in [0.4, 0.5) is 0 Å². The molecule has 1 heterocycles. The molecule has 0 saturated carbocycles. The van der Waals surface area contributed by atoms with Crippen molar-refractivity contribution in [1.82, 2.24) is 4.98 Å². The van der Waals surface area contributed by atoms with E-state index >= 15 is 0 Å². The van der Waals surface area contributed by atoms with Gasteiger partial charge in [-0.3, -0.25) is 0 Å². The first kappa shape index (κ1) is 18.7. The van der Waals surface area contributed by atoms with E-state index in [1.54, 1.807) is 23.5 Å². The second-order valence-corrected chi connectivity index (χ2v) is 6.75. The molecule has 0 atom stereocenters. The lowest BCUT2D eigenvalue weighted by Gasteiger charge is -2.09. The van der Waals surface area contributed by atoms with Crippen LogP contribution in [0.25, 0.3) is 23.4 Å². The van der Waals surface area contributed by atoms with Crippen molar-refractivity contribution in [2.75, 3.05) is 13.7 Å². The van der Waals surface area contributed by atoms with Crippen molar-refractivity contribution in [2.45, 2.75) is 6.92 Å². The SMILES string of the molecule is COc1cc(C=Cc2nc(-c3ccc(C)cc3)cs2)ccc1OCC(=O)O. The van der Waals surface area contributed by atoms with Crippen LogP contribution in [0.3, 0.4) is 0 Å². The summed E-state index contributed by atoms with van der Waals surface area (Å²) >= 11 is 1.57. The Balaban J connectivity index is 1.74. The number of rotatable bonds is 7. The maximum absolute atomic E-state index is 10.6. The molecule has 6 heteroatoms. The lowest BCUT2D eigenvalue weighted by Crippen LogP contribution is -2.10. The maximum atomic E-state index is 10.6. The van der Waals surface area contributed by atoms with Gasteiger partial charge in [-0.15, -0.1) is 11.3 Å². The van der Waals surface area contributed by atoms with Gasteiger partial charge >= 0.3 is 5.97 Å². The van der Waals surface area contributed by atoms with Crippen LogP contribution in [0, 0.1) is 6.92 Å². The fourth-order valence-corrected chi connectivity index (χ4v) is 3.15. The van der Waals surface area contributed by atoms with Gasteiger partial charge in [0.05, 0.1) is 12.8 Å². The standard InChI is InChI=1S/C21H19NO4S/c1-14-3-7-16(8-4-14)17-13-27-20(22-17)10-6-15-5-9-18(19(11-15)25-2)26-12-21(23)24/h3-11,13H,12H2,1-2H3,(H,23,24). The number of carboxylic acid groups (broad SMARTS) is 1. The fraction of sp³-hybridized carbons (Fsp3) is 0.143. The van der Waals surface area contributed by atoms with E-state index in [2.05, 4.69) is 36.2 Å². The zero-order chi connectivity index (χ0) is 19.2. The zero-order valence-corrected chi connectivity index (χ0v) is 15.8. The zero-order valence-electron chi connectivity index (χ0n) is 15.0. The number of methoxy groups -OCH3 is 1. The smallest absolute Gasteiger partial charge is 0.341 e. The molecule has 0 aliphatic heterocycles. The highest BCUT2D eigenvalue weighted by molar-refractivity contribution is 7.10. The van der Waals surface area contributed by atoms with E-state index in [4.69, 9.17) is 14.6 Å². The number of aliphatic carboxylic acids is 1. The third kappa shape index (κ3) is 4.95. The van der Waals surface area contributed by atoms with Gasteiger partial charge in [-0.2, -0.15) is 0 Å². The third-order valence-corrected chi connectivity index (χ3v) is 4.64. The van der Waals surface area contributed by atoms with Crippen molar-refractivity contribution in [1.29, 1.82) is 0 Å². The molecule has 0 aliphatic rings. The monoisotopic (exact) mass is 381 g/mol. The molecular weight excluding hydrogens is 362 g/mol. The van der Waals surface area contributed by atoms with Gasteiger partial charge in [0.2, 0.25) is 0 Å². The van der Waals surface area contributed by atoms with Crippen LogP contribution in [0.15, 0.2) is 47.8 Å². The van der Waals surface area contributed by atoms with Crippen LogP contribution in [0.2, 0.25) is 0 Å². The minimum Gasteiger partial charge on any atom is -0.493 e. The Morgan fingerprint density at radius 1 is 1.15 bits per heavy atom. The average molecular weight is 381 g/mol. The lowest BCUT2D eigenvalue weighted by molar-refractivity contribution is -0.139. The molecule has 0 radical (unpaired) electrons. The highest BCUT2D eigenvalue weighted by Crippen LogP contribution is 2.29. The molecule has 3 rings (SSSR count). The fourth-order valence-electron chi connectivity index (χ4n) is 2.44. The molecule has 1 aromatic heterocycles. The Kier molecular flexibility index (Phi) is 5.88. The van der Waals surface area contributed by atoms with Crippen LogP contribution < -0.4 is 9.47 Å². The summed E-state index contributed by atoms with van der Waals surface area (Å²) in [6.07, 6.45) is 3.87. The van der Waals surface area contributed by atoms with Crippen molar-refractivity contribution >= 4 is 29.5 Å². The van der Waals surface area contributed by atoms with Crippen molar-refractivity contribution < 1.29 is 19.4 Å². The molecule has 0 unspecified atom stereocenters. The van der Waals surface area contributed by atoms with Crippen LogP contribution in [-0.4, -0.2) is 29.8 Å². The van der Waals surface area contributed by atoms with Gasteiger partial charge in [0.15, 0.2) is 18.1 Å². The summed E-state index contributed by atoms with van der Waals surface area (Å²) in [5.41, 5.74) is 4.17. The highest BCUT2D eigenvalue weighted by atomic mass is 32.1. The molecule has 0 amide bonds. The number of carboxylic acids is 1. The molecule has 0 fully saturated rings. The number of thiazole rings is 1. The average Bonchev–Trinajstić information content (AvgIpc) is 3.14. The van der Waals surface area contributed by atoms with E-state index in [0.29, 0.717) is 11.5 Å². The molecule has 5 nitrogen and oxygen atoms in total. The lowest BCUT2D eigenvalue weighted by atomic mass is 10.1. The first-order valence-electron chi connectivity index (χ1n) is 8.28. The second kappa shape index (κ2) is 8.51. The van der Waals surface area contributed by atoms with Crippen molar-refractivity contribution in [3.63, 3.8) is 0 Å². The quantitative estimate of drug-likeness (QED) is 0.639. The molecule has 1 N–H and O–H groups in total. The number of benzene rings is 2. The summed E-state index contributed by atoms with van der Waals surface area (Å²) < 4.78 is 10.5. The molecular formula is C21H19NO4S. The first-order valence-corrected chi connectivity index (χ1v) is 9.16. The van der Waals surface area contributed by atoms with Crippen molar-refractivity contribution in [3.8, 4) is 22.8 Å². The summed E-state index contributed by atoms with van der Waals surface area (Å²) in [7, 11) is 1.52. The molecule has 0 saturated heterocycles. The first-order chi connectivity index (χ1) is 13.0. The Bertz CT molecular complexity index is 961. The van der Waals surface area contributed by atoms with E-state index < -0.39 is 12.6 Å². The third-order valence-electron chi connectivity index (χ3n) is 3.83. The van der Waals surface area contributed by atoms with Gasteiger partial charge in [-0.05, 0) is 30.7 Å². The molecule has 138 valence electrons. The molecule has 27 heavy (non-hydrogen) atoms. The number of aromatic nitrogens is 1. The molecule has 0 aliphatic carbocycles. The largest absolute Gasteiger partial charge is 0.493 e. The van der Waals surface area contributed by atoms with Crippen LogP contribution in [-0.2, 0) is 4.79 Å². The van der Waals surface area contributed by atoms with Crippen LogP contribution in [0.1, 0.15) is 16.1 Å². The number of nitrogens with zero attached hydrogens (tertiary/aromatic N) is 1. The Morgan fingerprint density at radius 2 is 1.93 bits per heavy atom. The summed E-state index contributed by atoms with van der Waals surface area (Å²) in [6, 6.07) is 13.6. The summed E-state index contributed by atoms with van der Waals surface area (Å²) in [4.78, 5) is 15.3. The predicted octanol–water partition coefficient (Wildman–Crippen LogP) is 4.76. The molecule has 0 spiro atoms. The molecule has 0 bridgehead atoms. The minimum atomic E-state index is -1.03. The maximum Gasteiger partial charge on any atom is 0.341 e. The van der Waals surface area contributed by atoms with E-state index in [9.17, 15) is 4.79 Å². The Labute approximate surface area is 161 Å².